The zero-order chi connectivity index (χ0) is 23.4. The van der Waals surface area contributed by atoms with Crippen LogP contribution in [-0.4, -0.2) is 59.8 Å². The maximum absolute atomic E-state index is 12.8. The lowest BCUT2D eigenvalue weighted by Crippen LogP contribution is -2.43. The van der Waals surface area contributed by atoms with Crippen LogP contribution in [0.25, 0.3) is 6.08 Å². The van der Waals surface area contributed by atoms with Crippen LogP contribution >= 0.6 is 43.6 Å². The normalized spacial score (nSPS) is 17.7. The van der Waals surface area contributed by atoms with Gasteiger partial charge in [-0.15, -0.1) is 0 Å². The predicted molar refractivity (Wildman–Crippen MR) is 133 cm³/mol. The molecule has 33 heavy (non-hydrogen) atoms. The van der Waals surface area contributed by atoms with E-state index in [1.807, 2.05) is 24.3 Å². The number of carbonyl (C=O) groups excluding carboxylic acids is 3. The van der Waals surface area contributed by atoms with Crippen molar-refractivity contribution in [3.63, 3.8) is 0 Å². The smallest absolute Gasteiger partial charge is 0.293 e. The molecule has 2 fully saturated rings. The Hall–Kier alpha value is -2.14. The van der Waals surface area contributed by atoms with Crippen LogP contribution in [-0.2, 0) is 20.9 Å². The van der Waals surface area contributed by atoms with E-state index in [2.05, 4.69) is 31.9 Å². The molecule has 2 aliphatic heterocycles. The van der Waals surface area contributed by atoms with Gasteiger partial charge in [-0.2, -0.15) is 0 Å². The Morgan fingerprint density at radius 3 is 2.52 bits per heavy atom. The number of amides is 3. The van der Waals surface area contributed by atoms with Gasteiger partial charge in [-0.25, -0.2) is 0 Å². The SMILES string of the molecule is O=C(COc1ccc(/C=C2\SC(=O)N(Cc3ccc(Br)cc3)C2=O)cc1Br)N1CCOCC1. The van der Waals surface area contributed by atoms with Gasteiger partial charge in [0, 0.05) is 17.6 Å². The summed E-state index contributed by atoms with van der Waals surface area (Å²) >= 11 is 7.76. The Bertz CT molecular complexity index is 1100. The number of rotatable bonds is 6. The molecule has 2 saturated heterocycles. The Labute approximate surface area is 212 Å². The number of nitrogens with zero attached hydrogens (tertiary/aromatic N) is 2. The molecule has 0 bridgehead atoms. The van der Waals surface area contributed by atoms with E-state index in [0.717, 1.165) is 27.4 Å². The molecule has 2 aromatic rings. The number of morpholine rings is 1. The van der Waals surface area contributed by atoms with Crippen LogP contribution in [0, 0.1) is 0 Å². The zero-order valence-corrected chi connectivity index (χ0v) is 21.4. The van der Waals surface area contributed by atoms with Gasteiger partial charge in [0.2, 0.25) is 0 Å². The highest BCUT2D eigenvalue weighted by atomic mass is 79.9. The van der Waals surface area contributed by atoms with E-state index in [4.69, 9.17) is 9.47 Å². The summed E-state index contributed by atoms with van der Waals surface area (Å²) in [7, 11) is 0. The Morgan fingerprint density at radius 2 is 1.82 bits per heavy atom. The average Bonchev–Trinajstić information content (AvgIpc) is 3.07. The molecule has 0 aromatic heterocycles. The van der Waals surface area contributed by atoms with Gasteiger partial charge >= 0.3 is 0 Å². The molecule has 2 heterocycles. The summed E-state index contributed by atoms with van der Waals surface area (Å²) in [5, 5.41) is -0.296. The van der Waals surface area contributed by atoms with Crippen molar-refractivity contribution in [2.24, 2.45) is 0 Å². The van der Waals surface area contributed by atoms with Crippen LogP contribution in [0.15, 0.2) is 56.3 Å². The molecule has 0 saturated carbocycles. The monoisotopic (exact) mass is 594 g/mol. The van der Waals surface area contributed by atoms with E-state index in [0.29, 0.717) is 41.4 Å². The summed E-state index contributed by atoms with van der Waals surface area (Å²) in [5.41, 5.74) is 1.61. The minimum absolute atomic E-state index is 0.0626. The average molecular weight is 596 g/mol. The number of imide groups is 1. The molecule has 0 aliphatic carbocycles. The predicted octanol–water partition coefficient (Wildman–Crippen LogP) is 4.69. The first-order valence-electron chi connectivity index (χ1n) is 10.2. The fourth-order valence-corrected chi connectivity index (χ4v) is 4.94. The summed E-state index contributed by atoms with van der Waals surface area (Å²) in [4.78, 5) is 40.8. The lowest BCUT2D eigenvalue weighted by Gasteiger charge is -2.26. The van der Waals surface area contributed by atoms with Crippen molar-refractivity contribution in [1.82, 2.24) is 9.80 Å². The van der Waals surface area contributed by atoms with Crippen LogP contribution in [0.5, 0.6) is 5.75 Å². The molecule has 10 heteroatoms. The first-order chi connectivity index (χ1) is 15.9. The van der Waals surface area contributed by atoms with E-state index in [1.165, 1.54) is 4.90 Å². The molecule has 0 spiro atoms. The number of thioether (sulfide) groups is 1. The van der Waals surface area contributed by atoms with Gasteiger partial charge in [0.25, 0.3) is 17.1 Å². The lowest BCUT2D eigenvalue weighted by atomic mass is 10.2. The van der Waals surface area contributed by atoms with Crippen LogP contribution in [0.4, 0.5) is 4.79 Å². The van der Waals surface area contributed by atoms with Crippen molar-refractivity contribution in [3.05, 3.63) is 67.4 Å². The largest absolute Gasteiger partial charge is 0.483 e. The summed E-state index contributed by atoms with van der Waals surface area (Å²) in [5.74, 6) is 0.117. The standard InChI is InChI=1S/C23H20Br2N2O5S/c24-17-4-1-15(2-5-17)13-27-22(29)20(33-23(27)30)12-16-3-6-19(18(25)11-16)32-14-21(28)26-7-9-31-10-8-26/h1-6,11-12H,7-10,13-14H2/b20-12-. The zero-order valence-electron chi connectivity index (χ0n) is 17.5. The summed E-state index contributed by atoms with van der Waals surface area (Å²) < 4.78 is 12.5. The molecule has 4 rings (SSSR count). The Morgan fingerprint density at radius 1 is 1.09 bits per heavy atom. The molecule has 0 N–H and O–H groups in total. The van der Waals surface area contributed by atoms with Crippen LogP contribution in [0.2, 0.25) is 0 Å². The molecule has 0 radical (unpaired) electrons. The molecule has 0 atom stereocenters. The number of hydrogen-bond acceptors (Lipinski definition) is 6. The van der Waals surface area contributed by atoms with Gasteiger partial charge < -0.3 is 14.4 Å². The minimum Gasteiger partial charge on any atom is -0.483 e. The van der Waals surface area contributed by atoms with Gasteiger partial charge in [0.1, 0.15) is 5.75 Å². The summed E-state index contributed by atoms with van der Waals surface area (Å²) in [6.07, 6.45) is 1.68. The van der Waals surface area contributed by atoms with Crippen molar-refractivity contribution < 1.29 is 23.9 Å². The van der Waals surface area contributed by atoms with E-state index >= 15 is 0 Å². The highest BCUT2D eigenvalue weighted by molar-refractivity contribution is 9.10. The second kappa shape index (κ2) is 10.9. The van der Waals surface area contributed by atoms with E-state index in [-0.39, 0.29) is 30.2 Å². The maximum atomic E-state index is 12.8. The second-order valence-electron chi connectivity index (χ2n) is 7.37. The molecule has 7 nitrogen and oxygen atoms in total. The van der Waals surface area contributed by atoms with Gasteiger partial charge in [-0.3, -0.25) is 19.3 Å². The Kier molecular flexibility index (Phi) is 7.90. The Balaban J connectivity index is 1.39. The quantitative estimate of drug-likeness (QED) is 0.451. The molecule has 3 amide bonds. The third-order valence-corrected chi connectivity index (χ3v) is 7.15. The van der Waals surface area contributed by atoms with Crippen molar-refractivity contribution in [3.8, 4) is 5.75 Å². The topological polar surface area (TPSA) is 76.2 Å². The van der Waals surface area contributed by atoms with Gasteiger partial charge in [0.05, 0.1) is 29.1 Å². The van der Waals surface area contributed by atoms with Gasteiger partial charge in [-0.1, -0.05) is 34.1 Å². The number of halogens is 2. The van der Waals surface area contributed by atoms with Crippen LogP contribution < -0.4 is 4.74 Å². The number of benzene rings is 2. The molecule has 0 unspecified atom stereocenters. The highest BCUT2D eigenvalue weighted by Gasteiger charge is 2.35. The van der Waals surface area contributed by atoms with E-state index < -0.39 is 0 Å². The molecule has 2 aliphatic rings. The molecule has 172 valence electrons. The number of hydrogen-bond donors (Lipinski definition) is 0. The van der Waals surface area contributed by atoms with Crippen LogP contribution in [0.1, 0.15) is 11.1 Å². The van der Waals surface area contributed by atoms with E-state index in [9.17, 15) is 14.4 Å². The van der Waals surface area contributed by atoms with Crippen molar-refractivity contribution in [1.29, 1.82) is 0 Å². The third kappa shape index (κ3) is 6.06. The summed E-state index contributed by atoms with van der Waals surface area (Å²) in [6, 6.07) is 12.8. The molecular formula is C23H20Br2N2O5S. The first-order valence-corrected chi connectivity index (χ1v) is 12.6. The second-order valence-corrected chi connectivity index (χ2v) is 10.1. The lowest BCUT2D eigenvalue weighted by molar-refractivity contribution is -0.137. The highest BCUT2D eigenvalue weighted by Crippen LogP contribution is 2.34. The third-order valence-electron chi connectivity index (χ3n) is 5.10. The summed E-state index contributed by atoms with van der Waals surface area (Å²) in [6.45, 7) is 2.38. The molecular weight excluding hydrogens is 576 g/mol. The maximum Gasteiger partial charge on any atom is 0.293 e. The number of carbonyl (C=O) groups is 3. The van der Waals surface area contributed by atoms with Crippen molar-refractivity contribution in [2.75, 3.05) is 32.9 Å². The fraction of sp³-hybridized carbons (Fsp3) is 0.261. The fourth-order valence-electron chi connectivity index (χ4n) is 3.33. The van der Waals surface area contributed by atoms with Crippen molar-refractivity contribution >= 4 is 66.8 Å². The van der Waals surface area contributed by atoms with Gasteiger partial charge in [-0.05, 0) is 69.2 Å². The number of ether oxygens (including phenoxy) is 2. The van der Waals surface area contributed by atoms with Gasteiger partial charge in [0.15, 0.2) is 6.61 Å². The van der Waals surface area contributed by atoms with Crippen LogP contribution in [0.3, 0.4) is 0 Å². The van der Waals surface area contributed by atoms with Crippen molar-refractivity contribution in [2.45, 2.75) is 6.54 Å². The molecule has 2 aromatic carbocycles. The minimum atomic E-state index is -0.319. The first kappa shape index (κ1) is 24.0. The van der Waals surface area contributed by atoms with E-state index in [1.54, 1.807) is 29.2 Å².